The Kier molecular flexibility index (Phi) is 7.86. The number of benzene rings is 1. The predicted molar refractivity (Wildman–Crippen MR) is 118 cm³/mol. The van der Waals surface area contributed by atoms with Crippen molar-refractivity contribution in [2.45, 2.75) is 52.0 Å². The summed E-state index contributed by atoms with van der Waals surface area (Å²) in [5.41, 5.74) is 2.34. The van der Waals surface area contributed by atoms with E-state index < -0.39 is 0 Å². The molecule has 1 saturated carbocycles. The fourth-order valence-electron chi connectivity index (χ4n) is 3.92. The Bertz CT molecular complexity index is 732. The quantitative estimate of drug-likeness (QED) is 0.459. The maximum absolute atomic E-state index is 9.52. The van der Waals surface area contributed by atoms with Crippen LogP contribution in [0.2, 0.25) is 0 Å². The highest BCUT2D eigenvalue weighted by atomic mass is 32.1. The molecular formula is C22H32N4OS. The second kappa shape index (κ2) is 10.6. The Morgan fingerprint density at radius 3 is 2.68 bits per heavy atom. The third-order valence-corrected chi connectivity index (χ3v) is 6.44. The van der Waals surface area contributed by atoms with Crippen molar-refractivity contribution in [1.82, 2.24) is 15.6 Å². The number of thiazole rings is 1. The molecule has 0 atom stereocenters. The first-order valence-electron chi connectivity index (χ1n) is 10.4. The number of aliphatic hydroxyl groups is 1. The highest BCUT2D eigenvalue weighted by molar-refractivity contribution is 7.13. The standard InChI is InChI=1S/C22H32N4OS/c1-2-23-21(25-17-22(13-14-27)11-7-4-8-12-22)24-15-19-16-28-20(26-19)18-9-5-3-6-10-18/h3,5-6,9-10,16,27H,2,4,7-8,11-15,17H2,1H3,(H2,23,24,25). The zero-order valence-corrected chi connectivity index (χ0v) is 17.6. The van der Waals surface area contributed by atoms with Gasteiger partial charge in [-0.2, -0.15) is 0 Å². The van der Waals surface area contributed by atoms with Crippen LogP contribution >= 0.6 is 11.3 Å². The van der Waals surface area contributed by atoms with E-state index in [1.807, 2.05) is 18.2 Å². The molecule has 152 valence electrons. The molecule has 2 aromatic rings. The van der Waals surface area contributed by atoms with Crippen LogP contribution in [0, 0.1) is 5.41 Å². The summed E-state index contributed by atoms with van der Waals surface area (Å²) < 4.78 is 0. The summed E-state index contributed by atoms with van der Waals surface area (Å²) in [7, 11) is 0. The summed E-state index contributed by atoms with van der Waals surface area (Å²) in [6.45, 7) is 4.59. The van der Waals surface area contributed by atoms with E-state index in [1.54, 1.807) is 11.3 Å². The number of hydrogen-bond acceptors (Lipinski definition) is 4. The topological polar surface area (TPSA) is 69.5 Å². The molecule has 1 aliphatic rings. The van der Waals surface area contributed by atoms with E-state index in [-0.39, 0.29) is 12.0 Å². The molecule has 1 fully saturated rings. The maximum atomic E-state index is 9.52. The Morgan fingerprint density at radius 1 is 1.18 bits per heavy atom. The van der Waals surface area contributed by atoms with Gasteiger partial charge in [0.2, 0.25) is 0 Å². The van der Waals surface area contributed by atoms with Gasteiger partial charge in [-0.3, -0.25) is 0 Å². The van der Waals surface area contributed by atoms with Crippen LogP contribution < -0.4 is 10.6 Å². The Morgan fingerprint density at radius 2 is 1.96 bits per heavy atom. The van der Waals surface area contributed by atoms with E-state index in [2.05, 4.69) is 35.1 Å². The molecule has 0 unspecified atom stereocenters. The van der Waals surface area contributed by atoms with E-state index in [0.717, 1.165) is 41.7 Å². The molecule has 0 aliphatic heterocycles. The molecule has 0 radical (unpaired) electrons. The molecule has 0 bridgehead atoms. The fourth-order valence-corrected chi connectivity index (χ4v) is 4.74. The lowest BCUT2D eigenvalue weighted by Gasteiger charge is -2.37. The first-order valence-corrected chi connectivity index (χ1v) is 11.3. The van der Waals surface area contributed by atoms with Gasteiger partial charge in [-0.15, -0.1) is 11.3 Å². The van der Waals surface area contributed by atoms with Gasteiger partial charge in [-0.25, -0.2) is 9.98 Å². The Hall–Kier alpha value is -1.92. The molecule has 28 heavy (non-hydrogen) atoms. The van der Waals surface area contributed by atoms with Crippen LogP contribution in [0.1, 0.15) is 51.1 Å². The van der Waals surface area contributed by atoms with Gasteiger partial charge >= 0.3 is 0 Å². The molecule has 0 spiro atoms. The SMILES string of the molecule is CCNC(=NCc1csc(-c2ccccc2)n1)NCC1(CCO)CCCCC1. The van der Waals surface area contributed by atoms with Crippen LogP contribution in [0.5, 0.6) is 0 Å². The van der Waals surface area contributed by atoms with Gasteiger partial charge in [0.15, 0.2) is 5.96 Å². The number of aliphatic hydroxyl groups excluding tert-OH is 1. The summed E-state index contributed by atoms with van der Waals surface area (Å²) in [5, 5.41) is 19.5. The van der Waals surface area contributed by atoms with Crippen LogP contribution in [0.15, 0.2) is 40.7 Å². The Balaban J connectivity index is 1.61. The van der Waals surface area contributed by atoms with Crippen molar-refractivity contribution in [3.05, 3.63) is 41.4 Å². The highest BCUT2D eigenvalue weighted by Crippen LogP contribution is 2.38. The Labute approximate surface area is 172 Å². The molecule has 1 aromatic heterocycles. The van der Waals surface area contributed by atoms with E-state index in [9.17, 15) is 5.11 Å². The summed E-state index contributed by atoms with van der Waals surface area (Å²) in [6.07, 6.45) is 7.08. The van der Waals surface area contributed by atoms with Crippen molar-refractivity contribution >= 4 is 17.3 Å². The van der Waals surface area contributed by atoms with E-state index in [1.165, 1.54) is 32.1 Å². The van der Waals surface area contributed by atoms with Gasteiger partial charge < -0.3 is 15.7 Å². The zero-order chi connectivity index (χ0) is 19.7. The molecule has 6 heteroatoms. The first kappa shape index (κ1) is 20.8. The van der Waals surface area contributed by atoms with Crippen molar-refractivity contribution < 1.29 is 5.11 Å². The molecule has 0 amide bonds. The lowest BCUT2D eigenvalue weighted by Crippen LogP contribution is -2.44. The van der Waals surface area contributed by atoms with Gasteiger partial charge in [0.05, 0.1) is 12.2 Å². The number of aromatic nitrogens is 1. The minimum Gasteiger partial charge on any atom is -0.396 e. The van der Waals surface area contributed by atoms with Crippen molar-refractivity contribution in [3.63, 3.8) is 0 Å². The fraction of sp³-hybridized carbons (Fsp3) is 0.545. The van der Waals surface area contributed by atoms with Crippen molar-refractivity contribution in [2.75, 3.05) is 19.7 Å². The van der Waals surface area contributed by atoms with Crippen molar-refractivity contribution in [3.8, 4) is 10.6 Å². The van der Waals surface area contributed by atoms with Crippen LogP contribution in [-0.2, 0) is 6.54 Å². The minimum absolute atomic E-state index is 0.199. The molecule has 3 N–H and O–H groups in total. The molecule has 1 aromatic carbocycles. The lowest BCUT2D eigenvalue weighted by atomic mass is 9.72. The van der Waals surface area contributed by atoms with Crippen molar-refractivity contribution in [1.29, 1.82) is 0 Å². The normalized spacial score (nSPS) is 16.7. The second-order valence-electron chi connectivity index (χ2n) is 7.59. The number of nitrogens with zero attached hydrogens (tertiary/aromatic N) is 2. The molecule has 1 heterocycles. The first-order chi connectivity index (χ1) is 13.7. The molecule has 5 nitrogen and oxygen atoms in total. The van der Waals surface area contributed by atoms with E-state index in [4.69, 9.17) is 9.98 Å². The van der Waals surface area contributed by atoms with Gasteiger partial charge in [-0.05, 0) is 31.6 Å². The number of hydrogen-bond donors (Lipinski definition) is 3. The van der Waals surface area contributed by atoms with Gasteiger partial charge in [0, 0.05) is 30.6 Å². The van der Waals surface area contributed by atoms with Crippen molar-refractivity contribution in [2.24, 2.45) is 10.4 Å². The third-order valence-electron chi connectivity index (χ3n) is 5.50. The van der Waals surface area contributed by atoms with Crippen LogP contribution in [0.25, 0.3) is 10.6 Å². The minimum atomic E-state index is 0.199. The number of aliphatic imine (C=N–C) groups is 1. The van der Waals surface area contributed by atoms with Gasteiger partial charge in [0.1, 0.15) is 5.01 Å². The van der Waals surface area contributed by atoms with Crippen LogP contribution in [-0.4, -0.2) is 35.7 Å². The predicted octanol–water partition coefficient (Wildman–Crippen LogP) is 4.20. The molecular weight excluding hydrogens is 368 g/mol. The molecule has 0 saturated heterocycles. The van der Waals surface area contributed by atoms with E-state index >= 15 is 0 Å². The summed E-state index contributed by atoms with van der Waals surface area (Å²) >= 11 is 1.66. The van der Waals surface area contributed by atoms with Crippen LogP contribution in [0.4, 0.5) is 0 Å². The summed E-state index contributed by atoms with van der Waals surface area (Å²) in [4.78, 5) is 9.47. The summed E-state index contributed by atoms with van der Waals surface area (Å²) in [5.74, 6) is 0.833. The average molecular weight is 401 g/mol. The number of rotatable bonds is 8. The monoisotopic (exact) mass is 400 g/mol. The average Bonchev–Trinajstić information content (AvgIpc) is 3.21. The zero-order valence-electron chi connectivity index (χ0n) is 16.8. The number of guanidine groups is 1. The maximum Gasteiger partial charge on any atom is 0.191 e. The molecule has 1 aliphatic carbocycles. The smallest absolute Gasteiger partial charge is 0.191 e. The number of nitrogens with one attached hydrogen (secondary N) is 2. The summed E-state index contributed by atoms with van der Waals surface area (Å²) in [6, 6.07) is 10.3. The third kappa shape index (κ3) is 5.79. The largest absolute Gasteiger partial charge is 0.396 e. The lowest BCUT2D eigenvalue weighted by molar-refractivity contribution is 0.131. The van der Waals surface area contributed by atoms with Crippen LogP contribution in [0.3, 0.4) is 0 Å². The second-order valence-corrected chi connectivity index (χ2v) is 8.45. The van der Waals surface area contributed by atoms with E-state index in [0.29, 0.717) is 6.54 Å². The molecule has 3 rings (SSSR count). The highest BCUT2D eigenvalue weighted by Gasteiger charge is 2.31. The van der Waals surface area contributed by atoms with Gasteiger partial charge in [-0.1, -0.05) is 49.6 Å². The van der Waals surface area contributed by atoms with Gasteiger partial charge in [0.25, 0.3) is 0 Å².